The normalized spacial score (nSPS) is 14.2. The van der Waals surface area contributed by atoms with Gasteiger partial charge >= 0.3 is 0 Å². The first-order valence-electron chi connectivity index (χ1n) is 5.42. The van der Waals surface area contributed by atoms with Crippen LogP contribution in [-0.4, -0.2) is 15.1 Å². The van der Waals surface area contributed by atoms with Crippen molar-refractivity contribution in [2.24, 2.45) is 0 Å². The summed E-state index contributed by atoms with van der Waals surface area (Å²) in [6, 6.07) is 4.47. The van der Waals surface area contributed by atoms with E-state index in [1.165, 1.54) is 18.3 Å². The Hall–Kier alpha value is -1.52. The number of aliphatic hydroxyl groups is 1. The van der Waals surface area contributed by atoms with Crippen LogP contribution in [0.25, 0.3) is 0 Å². The highest BCUT2D eigenvalue weighted by Crippen LogP contribution is 2.26. The minimum absolute atomic E-state index is 0.285. The van der Waals surface area contributed by atoms with E-state index in [0.717, 1.165) is 11.8 Å². The van der Waals surface area contributed by atoms with Crippen molar-refractivity contribution in [3.8, 4) is 0 Å². The molecule has 1 atom stereocenters. The first kappa shape index (κ1) is 12.9. The Morgan fingerprint density at radius 1 is 1.33 bits per heavy atom. The maximum Gasteiger partial charge on any atom is 0.141 e. The maximum atomic E-state index is 12.8. The van der Waals surface area contributed by atoms with Gasteiger partial charge in [0.1, 0.15) is 11.4 Å². The Labute approximate surface area is 109 Å². The Kier molecular flexibility index (Phi) is 3.59. The smallest absolute Gasteiger partial charge is 0.141 e. The van der Waals surface area contributed by atoms with Crippen LogP contribution in [0.5, 0.6) is 0 Å². The average molecular weight is 267 g/mol. The monoisotopic (exact) mass is 266 g/mol. The molecule has 1 unspecified atom stereocenters. The highest BCUT2D eigenvalue weighted by molar-refractivity contribution is 6.31. The number of rotatable bonds is 3. The largest absolute Gasteiger partial charge is 0.383 e. The summed E-state index contributed by atoms with van der Waals surface area (Å²) in [5.74, 6) is -0.434. The SMILES string of the molecule is CC(O)(Cc1ccncc1Cl)c1ccc(F)cn1. The van der Waals surface area contributed by atoms with E-state index >= 15 is 0 Å². The van der Waals surface area contributed by atoms with Gasteiger partial charge < -0.3 is 5.11 Å². The van der Waals surface area contributed by atoms with E-state index in [2.05, 4.69) is 9.97 Å². The van der Waals surface area contributed by atoms with E-state index in [0.29, 0.717) is 10.7 Å². The standard InChI is InChI=1S/C13H12ClFN2O/c1-13(18,12-3-2-10(15)7-17-12)6-9-4-5-16-8-11(9)14/h2-5,7-8,18H,6H2,1H3. The van der Waals surface area contributed by atoms with Crippen LogP contribution in [0.4, 0.5) is 4.39 Å². The molecular weight excluding hydrogens is 255 g/mol. The van der Waals surface area contributed by atoms with Crippen LogP contribution >= 0.6 is 11.6 Å². The van der Waals surface area contributed by atoms with Crippen molar-refractivity contribution in [3.05, 3.63) is 58.9 Å². The highest BCUT2D eigenvalue weighted by Gasteiger charge is 2.26. The molecule has 0 aliphatic heterocycles. The first-order valence-corrected chi connectivity index (χ1v) is 5.79. The minimum atomic E-state index is -1.21. The molecule has 0 aliphatic carbocycles. The van der Waals surface area contributed by atoms with Gasteiger partial charge in [-0.1, -0.05) is 11.6 Å². The lowest BCUT2D eigenvalue weighted by Gasteiger charge is -2.23. The van der Waals surface area contributed by atoms with Crippen molar-refractivity contribution < 1.29 is 9.50 Å². The lowest BCUT2D eigenvalue weighted by molar-refractivity contribution is 0.0529. The van der Waals surface area contributed by atoms with Gasteiger partial charge in [0.2, 0.25) is 0 Å². The molecule has 2 aromatic heterocycles. The predicted molar refractivity (Wildman–Crippen MR) is 66.7 cm³/mol. The molecule has 3 nitrogen and oxygen atoms in total. The van der Waals surface area contributed by atoms with Gasteiger partial charge in [-0.15, -0.1) is 0 Å². The second-order valence-corrected chi connectivity index (χ2v) is 4.69. The molecule has 0 radical (unpaired) electrons. The van der Waals surface area contributed by atoms with E-state index < -0.39 is 11.4 Å². The molecule has 5 heteroatoms. The van der Waals surface area contributed by atoms with Gasteiger partial charge in [0.05, 0.1) is 16.9 Å². The fraction of sp³-hybridized carbons (Fsp3) is 0.231. The van der Waals surface area contributed by atoms with Crippen LogP contribution in [-0.2, 0) is 12.0 Å². The molecule has 2 heterocycles. The Morgan fingerprint density at radius 2 is 2.11 bits per heavy atom. The van der Waals surface area contributed by atoms with Gasteiger partial charge in [-0.05, 0) is 30.7 Å². The molecule has 0 saturated heterocycles. The molecule has 0 amide bonds. The fourth-order valence-electron chi connectivity index (χ4n) is 1.70. The van der Waals surface area contributed by atoms with E-state index in [1.54, 1.807) is 19.2 Å². The van der Waals surface area contributed by atoms with Gasteiger partial charge in [-0.2, -0.15) is 0 Å². The summed E-state index contributed by atoms with van der Waals surface area (Å²) < 4.78 is 12.8. The van der Waals surface area contributed by atoms with Gasteiger partial charge in [0.15, 0.2) is 0 Å². The molecule has 2 rings (SSSR count). The summed E-state index contributed by atoms with van der Waals surface area (Å²) in [5, 5.41) is 10.9. The number of halogens is 2. The van der Waals surface area contributed by atoms with Crippen LogP contribution in [0.3, 0.4) is 0 Å². The molecule has 18 heavy (non-hydrogen) atoms. The molecule has 2 aromatic rings. The van der Waals surface area contributed by atoms with Gasteiger partial charge in [0.25, 0.3) is 0 Å². The summed E-state index contributed by atoms with van der Waals surface area (Å²) in [4.78, 5) is 7.77. The van der Waals surface area contributed by atoms with Crippen LogP contribution in [0, 0.1) is 5.82 Å². The van der Waals surface area contributed by atoms with Crippen LogP contribution in [0.1, 0.15) is 18.2 Å². The third-order valence-electron chi connectivity index (χ3n) is 2.67. The summed E-state index contributed by atoms with van der Waals surface area (Å²) >= 11 is 5.99. The lowest BCUT2D eigenvalue weighted by Crippen LogP contribution is -2.25. The van der Waals surface area contributed by atoms with E-state index in [9.17, 15) is 9.50 Å². The average Bonchev–Trinajstić information content (AvgIpc) is 2.32. The van der Waals surface area contributed by atoms with Crippen molar-refractivity contribution in [3.63, 3.8) is 0 Å². The van der Waals surface area contributed by atoms with Crippen LogP contribution in [0.2, 0.25) is 5.02 Å². The van der Waals surface area contributed by atoms with Gasteiger partial charge in [-0.25, -0.2) is 4.39 Å². The third kappa shape index (κ3) is 2.83. The number of hydrogen-bond acceptors (Lipinski definition) is 3. The van der Waals surface area contributed by atoms with E-state index in [-0.39, 0.29) is 6.42 Å². The van der Waals surface area contributed by atoms with Gasteiger partial charge in [-0.3, -0.25) is 9.97 Å². The van der Waals surface area contributed by atoms with E-state index in [4.69, 9.17) is 11.6 Å². The zero-order valence-corrected chi connectivity index (χ0v) is 10.5. The summed E-state index contributed by atoms with van der Waals surface area (Å²) in [6.07, 6.45) is 4.49. The third-order valence-corrected chi connectivity index (χ3v) is 3.01. The predicted octanol–water partition coefficient (Wildman–Crippen LogP) is 2.72. The van der Waals surface area contributed by atoms with Crippen molar-refractivity contribution >= 4 is 11.6 Å². The molecule has 0 bridgehead atoms. The Morgan fingerprint density at radius 3 is 2.72 bits per heavy atom. The highest BCUT2D eigenvalue weighted by atomic mass is 35.5. The molecule has 0 saturated carbocycles. The summed E-state index contributed by atoms with van der Waals surface area (Å²) in [7, 11) is 0. The molecular formula is C13H12ClFN2O. The molecule has 0 fully saturated rings. The zero-order chi connectivity index (χ0) is 13.2. The minimum Gasteiger partial charge on any atom is -0.383 e. The quantitative estimate of drug-likeness (QED) is 0.929. The molecule has 94 valence electrons. The Bertz CT molecular complexity index is 543. The van der Waals surface area contributed by atoms with Gasteiger partial charge in [0, 0.05) is 18.8 Å². The maximum absolute atomic E-state index is 12.8. The molecule has 0 spiro atoms. The topological polar surface area (TPSA) is 46.0 Å². The summed E-state index contributed by atoms with van der Waals surface area (Å²) in [5.41, 5.74) is -0.0434. The number of aromatic nitrogens is 2. The van der Waals surface area contributed by atoms with Crippen molar-refractivity contribution in [1.29, 1.82) is 0 Å². The van der Waals surface area contributed by atoms with E-state index in [1.807, 2.05) is 0 Å². The number of nitrogens with zero attached hydrogens (tertiary/aromatic N) is 2. The Balaban J connectivity index is 2.27. The molecule has 1 N–H and O–H groups in total. The zero-order valence-electron chi connectivity index (χ0n) is 9.77. The lowest BCUT2D eigenvalue weighted by atomic mass is 9.93. The number of hydrogen-bond donors (Lipinski definition) is 1. The summed E-state index contributed by atoms with van der Waals surface area (Å²) in [6.45, 7) is 1.62. The van der Waals surface area contributed by atoms with Crippen molar-refractivity contribution in [2.75, 3.05) is 0 Å². The second-order valence-electron chi connectivity index (χ2n) is 4.28. The molecule has 0 aromatic carbocycles. The van der Waals surface area contributed by atoms with Crippen molar-refractivity contribution in [1.82, 2.24) is 9.97 Å². The molecule has 0 aliphatic rings. The van der Waals surface area contributed by atoms with Crippen LogP contribution < -0.4 is 0 Å². The fourth-order valence-corrected chi connectivity index (χ4v) is 1.89. The first-order chi connectivity index (χ1) is 8.49. The van der Waals surface area contributed by atoms with Crippen LogP contribution in [0.15, 0.2) is 36.8 Å². The second kappa shape index (κ2) is 5.00. The van der Waals surface area contributed by atoms with Crippen molar-refractivity contribution in [2.45, 2.75) is 18.9 Å². The number of pyridine rings is 2.